The Hall–Kier alpha value is -0.930. The summed E-state index contributed by atoms with van der Waals surface area (Å²) < 4.78 is 13.6. The molecule has 4 N–H and O–H groups in total. The molecule has 0 aliphatic heterocycles. The Labute approximate surface area is 80.2 Å². The Balaban J connectivity index is 0.00000169. The molecule has 1 aromatic rings. The van der Waals surface area contributed by atoms with Gasteiger partial charge in [-0.15, -0.1) is 12.4 Å². The van der Waals surface area contributed by atoms with Crippen molar-refractivity contribution < 1.29 is 13.0 Å². The van der Waals surface area contributed by atoms with E-state index in [1.165, 1.54) is 12.1 Å². The summed E-state index contributed by atoms with van der Waals surface area (Å²) >= 11 is 0. The van der Waals surface area contributed by atoms with E-state index in [4.69, 9.17) is 13.0 Å². The standard InChI is InChI=1S/C8H11NO2.ClH/c9-4-3-6-1-2-7(10)8(11)5-6;/h1-2,5,10-11H,3-4,9H2;1H/i/hD2. The molecule has 0 bridgehead atoms. The lowest BCUT2D eigenvalue weighted by atomic mass is 10.1. The van der Waals surface area contributed by atoms with Crippen molar-refractivity contribution in [3.63, 3.8) is 0 Å². The van der Waals surface area contributed by atoms with E-state index in [0.29, 0.717) is 12.1 Å². The van der Waals surface area contributed by atoms with Gasteiger partial charge in [0.05, 0.1) is 0 Å². The third-order valence-corrected chi connectivity index (χ3v) is 1.44. The number of aromatic hydroxyl groups is 2. The van der Waals surface area contributed by atoms with Gasteiger partial charge in [-0.1, -0.05) is 6.07 Å². The molecular formula is C8H12ClNO2. The summed E-state index contributed by atoms with van der Waals surface area (Å²) in [5, 5.41) is 18.1. The average Bonchev–Trinajstić information content (AvgIpc) is 2.07. The fraction of sp³-hybridized carbons (Fsp3) is 0.250. The number of hydrogen-bond donors (Lipinski definition) is 3. The summed E-state index contributed by atoms with van der Waals surface area (Å²) in [5.74, 6) is -0.323. The number of halogens is 1. The zero-order chi connectivity index (χ0) is 9.84. The lowest BCUT2D eigenvalue weighted by Gasteiger charge is -2.00. The van der Waals surface area contributed by atoms with Crippen LogP contribution in [0.25, 0.3) is 0 Å². The van der Waals surface area contributed by atoms with Crippen LogP contribution in [0.15, 0.2) is 18.2 Å². The normalized spacial score (nSPS) is 11.8. The molecule has 68 valence electrons. The number of rotatable bonds is 3. The van der Waals surface area contributed by atoms with E-state index in [1.807, 2.05) is 0 Å². The molecule has 0 saturated carbocycles. The van der Waals surface area contributed by atoms with Crippen LogP contribution >= 0.6 is 12.4 Å². The summed E-state index contributed by atoms with van der Waals surface area (Å²) in [6.07, 6.45) is 0.501. The first-order valence-electron chi connectivity index (χ1n) is 4.25. The molecular weight excluding hydrogens is 178 g/mol. The van der Waals surface area contributed by atoms with Crippen LogP contribution in [0.1, 0.15) is 5.56 Å². The second kappa shape index (κ2) is 4.85. The van der Waals surface area contributed by atoms with E-state index in [1.54, 1.807) is 6.07 Å². The third-order valence-electron chi connectivity index (χ3n) is 1.44. The summed E-state index contributed by atoms with van der Waals surface area (Å²) in [5.41, 5.74) is 1.36. The van der Waals surface area contributed by atoms with Crippen LogP contribution < -0.4 is 5.72 Å². The Morgan fingerprint density at radius 2 is 2.08 bits per heavy atom. The third kappa shape index (κ3) is 2.60. The number of phenolic OH excluding ortho intramolecular Hbond substituents is 2. The molecule has 0 amide bonds. The molecule has 0 aliphatic rings. The van der Waals surface area contributed by atoms with Gasteiger partial charge in [0.2, 0.25) is 0 Å². The molecule has 0 aliphatic carbocycles. The Morgan fingerprint density at radius 1 is 1.33 bits per heavy atom. The van der Waals surface area contributed by atoms with Gasteiger partial charge in [0.25, 0.3) is 0 Å². The van der Waals surface area contributed by atoms with Crippen molar-refractivity contribution in [1.82, 2.24) is 0 Å². The van der Waals surface area contributed by atoms with Crippen LogP contribution in [0.5, 0.6) is 11.5 Å². The number of benzene rings is 1. The summed E-state index contributed by atoms with van der Waals surface area (Å²) in [6.45, 7) is 0.268. The summed E-state index contributed by atoms with van der Waals surface area (Å²) in [4.78, 5) is 0. The minimum atomic E-state index is -0.168. The highest BCUT2D eigenvalue weighted by Crippen LogP contribution is 2.24. The van der Waals surface area contributed by atoms with Gasteiger partial charge in [0, 0.05) is 0 Å². The Morgan fingerprint density at radius 3 is 2.67 bits per heavy atom. The molecule has 1 aromatic carbocycles. The van der Waals surface area contributed by atoms with Gasteiger partial charge in [-0.25, -0.2) is 0 Å². The second-order valence-corrected chi connectivity index (χ2v) is 2.30. The largest absolute Gasteiger partial charge is 0.504 e. The van der Waals surface area contributed by atoms with Gasteiger partial charge in [0.1, 0.15) is 2.82 Å². The molecule has 0 radical (unpaired) electrons. The molecule has 1 rings (SSSR count). The van der Waals surface area contributed by atoms with Crippen molar-refractivity contribution in [2.45, 2.75) is 6.42 Å². The minimum Gasteiger partial charge on any atom is -0.504 e. The van der Waals surface area contributed by atoms with Crippen LogP contribution in [-0.4, -0.2) is 16.8 Å². The Bertz CT molecular complexity index is 297. The van der Waals surface area contributed by atoms with Gasteiger partial charge in [-0.3, -0.25) is 0 Å². The average molecular weight is 192 g/mol. The van der Waals surface area contributed by atoms with Gasteiger partial charge in [0.15, 0.2) is 11.5 Å². The van der Waals surface area contributed by atoms with Gasteiger partial charge >= 0.3 is 0 Å². The van der Waals surface area contributed by atoms with E-state index in [2.05, 4.69) is 0 Å². The first kappa shape index (κ1) is 7.71. The maximum atomic E-state index is 9.11. The van der Waals surface area contributed by atoms with E-state index in [9.17, 15) is 0 Å². The molecule has 0 aromatic heterocycles. The highest BCUT2D eigenvalue weighted by Gasteiger charge is 1.98. The SMILES string of the molecule is Cl.[2H]N([2H])CCc1ccc(O)c(O)c1. The molecule has 0 unspecified atom stereocenters. The van der Waals surface area contributed by atoms with Gasteiger partial charge in [-0.05, 0) is 30.7 Å². The van der Waals surface area contributed by atoms with Crippen molar-refractivity contribution in [2.75, 3.05) is 6.54 Å². The number of phenols is 2. The quantitative estimate of drug-likeness (QED) is 0.625. The molecule has 0 spiro atoms. The van der Waals surface area contributed by atoms with Crippen LogP contribution in [0.3, 0.4) is 0 Å². The van der Waals surface area contributed by atoms with E-state index >= 15 is 0 Å². The smallest absolute Gasteiger partial charge is 0.157 e. The monoisotopic (exact) mass is 191 g/mol. The van der Waals surface area contributed by atoms with Crippen LogP contribution in [0.2, 0.25) is 2.82 Å². The fourth-order valence-corrected chi connectivity index (χ4v) is 0.854. The molecule has 0 fully saturated rings. The van der Waals surface area contributed by atoms with Crippen molar-refractivity contribution in [3.05, 3.63) is 23.8 Å². The fourth-order valence-electron chi connectivity index (χ4n) is 0.854. The first-order chi connectivity index (χ1) is 6.09. The van der Waals surface area contributed by atoms with Crippen LogP contribution in [0.4, 0.5) is 0 Å². The van der Waals surface area contributed by atoms with Gasteiger partial charge < -0.3 is 15.9 Å². The minimum absolute atomic E-state index is 0. The predicted octanol–water partition coefficient (Wildman–Crippen LogP) is 1.02. The molecule has 12 heavy (non-hydrogen) atoms. The lowest BCUT2D eigenvalue weighted by Crippen LogP contribution is -2.02. The summed E-state index contributed by atoms with van der Waals surface area (Å²) in [7, 11) is 0. The topological polar surface area (TPSA) is 66.5 Å². The van der Waals surface area contributed by atoms with Crippen LogP contribution in [0, 0.1) is 0 Å². The van der Waals surface area contributed by atoms with Crippen LogP contribution in [-0.2, 0) is 6.42 Å². The van der Waals surface area contributed by atoms with E-state index in [-0.39, 0.29) is 30.5 Å². The molecule has 0 saturated heterocycles. The number of hydrogen-bond acceptors (Lipinski definition) is 3. The first-order valence-corrected chi connectivity index (χ1v) is 3.36. The van der Waals surface area contributed by atoms with E-state index in [0.717, 1.165) is 5.56 Å². The second-order valence-electron chi connectivity index (χ2n) is 2.30. The molecule has 4 heteroatoms. The Kier molecular flexibility index (Phi) is 3.11. The maximum absolute atomic E-state index is 9.11. The van der Waals surface area contributed by atoms with Crippen molar-refractivity contribution in [2.24, 2.45) is 5.72 Å². The molecule has 0 atom stereocenters. The van der Waals surface area contributed by atoms with Crippen molar-refractivity contribution in [1.29, 1.82) is 0 Å². The van der Waals surface area contributed by atoms with E-state index < -0.39 is 0 Å². The van der Waals surface area contributed by atoms with Gasteiger partial charge in [-0.2, -0.15) is 0 Å². The van der Waals surface area contributed by atoms with Crippen molar-refractivity contribution >= 4 is 12.4 Å². The summed E-state index contributed by atoms with van der Waals surface area (Å²) in [6, 6.07) is 4.47. The zero-order valence-corrected chi connectivity index (χ0v) is 7.21. The highest BCUT2D eigenvalue weighted by molar-refractivity contribution is 5.85. The molecule has 0 heterocycles. The molecule has 3 nitrogen and oxygen atoms in total. The van der Waals surface area contributed by atoms with Crippen molar-refractivity contribution in [3.8, 4) is 11.5 Å². The highest BCUT2D eigenvalue weighted by atomic mass is 35.5. The zero-order valence-electron chi connectivity index (χ0n) is 8.40. The predicted molar refractivity (Wildman–Crippen MR) is 49.8 cm³/mol. The number of nitrogens with two attached hydrogens (primary N) is 1. The maximum Gasteiger partial charge on any atom is 0.157 e. The lowest BCUT2D eigenvalue weighted by molar-refractivity contribution is 0.403.